The van der Waals surface area contributed by atoms with Gasteiger partial charge in [0, 0.05) is 34.2 Å². The SMILES string of the molecule is O=Cc1ccc(CCc2nc(-c3ccc(NC(=O)c4ccc(C5CCCCC5)cc4)cc3)cs2)cc1. The summed E-state index contributed by atoms with van der Waals surface area (Å²) in [5.41, 5.74) is 6.68. The van der Waals surface area contributed by atoms with Crippen LogP contribution in [0, 0.1) is 0 Å². The molecule has 0 atom stereocenters. The van der Waals surface area contributed by atoms with E-state index in [2.05, 4.69) is 22.8 Å². The predicted octanol–water partition coefficient (Wildman–Crippen LogP) is 7.71. The fourth-order valence-corrected chi connectivity index (χ4v) is 5.65. The molecular formula is C31H30N2O2S. The van der Waals surface area contributed by atoms with E-state index in [1.165, 1.54) is 43.2 Å². The number of rotatable bonds is 8. The molecule has 1 N–H and O–H groups in total. The molecule has 4 nitrogen and oxygen atoms in total. The predicted molar refractivity (Wildman–Crippen MR) is 147 cm³/mol. The number of aryl methyl sites for hydroxylation is 2. The van der Waals surface area contributed by atoms with Gasteiger partial charge >= 0.3 is 0 Å². The topological polar surface area (TPSA) is 59.1 Å². The van der Waals surface area contributed by atoms with Crippen LogP contribution in [0.5, 0.6) is 0 Å². The number of carbonyl (C=O) groups is 2. The number of aromatic nitrogens is 1. The molecule has 5 rings (SSSR count). The molecule has 1 aliphatic carbocycles. The second kappa shape index (κ2) is 11.4. The smallest absolute Gasteiger partial charge is 0.255 e. The Balaban J connectivity index is 1.16. The molecule has 36 heavy (non-hydrogen) atoms. The zero-order valence-corrected chi connectivity index (χ0v) is 21.1. The van der Waals surface area contributed by atoms with Gasteiger partial charge in [0.15, 0.2) is 0 Å². The maximum absolute atomic E-state index is 12.7. The van der Waals surface area contributed by atoms with Crippen LogP contribution < -0.4 is 5.32 Å². The Morgan fingerprint density at radius 1 is 0.889 bits per heavy atom. The largest absolute Gasteiger partial charge is 0.322 e. The average molecular weight is 495 g/mol. The number of anilines is 1. The van der Waals surface area contributed by atoms with Crippen molar-refractivity contribution in [3.05, 3.63) is 105 Å². The molecule has 1 aliphatic rings. The lowest BCUT2D eigenvalue weighted by molar-refractivity contribution is 0.102. The molecule has 4 aromatic rings. The van der Waals surface area contributed by atoms with E-state index in [-0.39, 0.29) is 5.91 Å². The minimum Gasteiger partial charge on any atom is -0.322 e. The molecule has 1 amide bonds. The Morgan fingerprint density at radius 3 is 2.31 bits per heavy atom. The molecule has 182 valence electrons. The van der Waals surface area contributed by atoms with Crippen LogP contribution in [0.1, 0.15) is 74.9 Å². The van der Waals surface area contributed by atoms with E-state index in [0.29, 0.717) is 17.0 Å². The van der Waals surface area contributed by atoms with Gasteiger partial charge in [0.1, 0.15) is 6.29 Å². The lowest BCUT2D eigenvalue weighted by Gasteiger charge is -2.22. The van der Waals surface area contributed by atoms with E-state index in [9.17, 15) is 9.59 Å². The Morgan fingerprint density at radius 2 is 1.61 bits per heavy atom. The van der Waals surface area contributed by atoms with Crippen molar-refractivity contribution in [3.63, 3.8) is 0 Å². The summed E-state index contributed by atoms with van der Waals surface area (Å²) in [6.45, 7) is 0. The van der Waals surface area contributed by atoms with Gasteiger partial charge in [-0.3, -0.25) is 9.59 Å². The van der Waals surface area contributed by atoms with Gasteiger partial charge in [0.25, 0.3) is 5.91 Å². The summed E-state index contributed by atoms with van der Waals surface area (Å²) in [5, 5.41) is 6.17. The molecular weight excluding hydrogens is 464 g/mol. The van der Waals surface area contributed by atoms with Gasteiger partial charge in [-0.2, -0.15) is 0 Å². The van der Waals surface area contributed by atoms with E-state index in [1.807, 2.05) is 60.7 Å². The monoisotopic (exact) mass is 494 g/mol. The molecule has 0 bridgehead atoms. The third-order valence-electron chi connectivity index (χ3n) is 6.98. The molecule has 0 aliphatic heterocycles. The molecule has 0 unspecified atom stereocenters. The highest BCUT2D eigenvalue weighted by atomic mass is 32.1. The second-order valence-corrected chi connectivity index (χ2v) is 10.4. The van der Waals surface area contributed by atoms with Gasteiger partial charge in [-0.15, -0.1) is 11.3 Å². The van der Waals surface area contributed by atoms with Crippen LogP contribution in [0.15, 0.2) is 78.2 Å². The van der Waals surface area contributed by atoms with Crippen molar-refractivity contribution < 1.29 is 9.59 Å². The first-order chi connectivity index (χ1) is 17.7. The van der Waals surface area contributed by atoms with Gasteiger partial charge in [0.2, 0.25) is 0 Å². The maximum atomic E-state index is 12.7. The number of thiazole rings is 1. The third-order valence-corrected chi connectivity index (χ3v) is 7.89. The lowest BCUT2D eigenvalue weighted by Crippen LogP contribution is -2.12. The normalized spacial score (nSPS) is 13.9. The summed E-state index contributed by atoms with van der Waals surface area (Å²) in [5.74, 6) is 0.555. The van der Waals surface area contributed by atoms with Crippen molar-refractivity contribution in [3.8, 4) is 11.3 Å². The number of nitrogens with one attached hydrogen (secondary N) is 1. The molecule has 0 spiro atoms. The Bertz CT molecular complexity index is 1300. The van der Waals surface area contributed by atoms with Crippen LogP contribution >= 0.6 is 11.3 Å². The van der Waals surface area contributed by atoms with Crippen molar-refractivity contribution in [2.24, 2.45) is 0 Å². The highest BCUT2D eigenvalue weighted by Gasteiger charge is 2.16. The van der Waals surface area contributed by atoms with Gasteiger partial charge in [-0.05, 0) is 60.6 Å². The number of carbonyl (C=O) groups excluding carboxylic acids is 2. The summed E-state index contributed by atoms with van der Waals surface area (Å²) in [4.78, 5) is 28.3. The van der Waals surface area contributed by atoms with Gasteiger partial charge < -0.3 is 5.32 Å². The first kappa shape index (κ1) is 24.1. The number of hydrogen-bond donors (Lipinski definition) is 1. The number of amides is 1. The summed E-state index contributed by atoms with van der Waals surface area (Å²) in [7, 11) is 0. The highest BCUT2D eigenvalue weighted by Crippen LogP contribution is 2.32. The molecule has 0 radical (unpaired) electrons. The highest BCUT2D eigenvalue weighted by molar-refractivity contribution is 7.09. The minimum atomic E-state index is -0.0879. The average Bonchev–Trinajstić information content (AvgIpc) is 3.42. The molecule has 1 aromatic heterocycles. The van der Waals surface area contributed by atoms with E-state index in [1.54, 1.807) is 11.3 Å². The fourth-order valence-electron chi connectivity index (χ4n) is 4.84. The van der Waals surface area contributed by atoms with E-state index < -0.39 is 0 Å². The first-order valence-corrected chi connectivity index (χ1v) is 13.6. The van der Waals surface area contributed by atoms with E-state index in [0.717, 1.165) is 41.1 Å². The van der Waals surface area contributed by atoms with Gasteiger partial charge in [0.05, 0.1) is 10.7 Å². The van der Waals surface area contributed by atoms with Crippen LogP contribution in [0.3, 0.4) is 0 Å². The number of nitrogens with zero attached hydrogens (tertiary/aromatic N) is 1. The van der Waals surface area contributed by atoms with Crippen LogP contribution in [0.4, 0.5) is 5.69 Å². The van der Waals surface area contributed by atoms with Crippen molar-refractivity contribution in [1.29, 1.82) is 0 Å². The Labute approximate surface area is 216 Å². The van der Waals surface area contributed by atoms with Gasteiger partial charge in [-0.25, -0.2) is 4.98 Å². The summed E-state index contributed by atoms with van der Waals surface area (Å²) in [6, 6.07) is 23.7. The van der Waals surface area contributed by atoms with Crippen molar-refractivity contribution >= 4 is 29.2 Å². The summed E-state index contributed by atoms with van der Waals surface area (Å²) < 4.78 is 0. The van der Waals surface area contributed by atoms with Crippen molar-refractivity contribution in [2.75, 3.05) is 5.32 Å². The van der Waals surface area contributed by atoms with E-state index >= 15 is 0 Å². The van der Waals surface area contributed by atoms with Crippen LogP contribution in [-0.2, 0) is 12.8 Å². The number of benzene rings is 3. The summed E-state index contributed by atoms with van der Waals surface area (Å²) in [6.07, 6.45) is 9.09. The first-order valence-electron chi connectivity index (χ1n) is 12.7. The molecule has 3 aromatic carbocycles. The van der Waals surface area contributed by atoms with Crippen molar-refractivity contribution in [1.82, 2.24) is 4.98 Å². The van der Waals surface area contributed by atoms with E-state index in [4.69, 9.17) is 4.98 Å². The standard InChI is InChI=1S/C31H30N2O2S/c34-20-23-8-6-22(7-9-23)10-19-30-33-29(21-36-30)26-15-17-28(18-16-26)32-31(35)27-13-11-25(12-14-27)24-4-2-1-3-5-24/h6-9,11-18,20-21,24H,1-5,10,19H2,(H,32,35). The quantitative estimate of drug-likeness (QED) is 0.255. The van der Waals surface area contributed by atoms with Crippen molar-refractivity contribution in [2.45, 2.75) is 50.9 Å². The van der Waals surface area contributed by atoms with Gasteiger partial charge in [-0.1, -0.05) is 67.8 Å². The number of aldehydes is 1. The van der Waals surface area contributed by atoms with Crippen LogP contribution in [0.25, 0.3) is 11.3 Å². The zero-order valence-electron chi connectivity index (χ0n) is 20.3. The minimum absolute atomic E-state index is 0.0879. The zero-order chi connectivity index (χ0) is 24.7. The van der Waals surface area contributed by atoms with Crippen LogP contribution in [0.2, 0.25) is 0 Å². The molecule has 1 fully saturated rings. The molecule has 1 heterocycles. The maximum Gasteiger partial charge on any atom is 0.255 e. The van der Waals surface area contributed by atoms with Crippen LogP contribution in [-0.4, -0.2) is 17.2 Å². The second-order valence-electron chi connectivity index (χ2n) is 9.47. The molecule has 1 saturated carbocycles. The Hall–Kier alpha value is -3.57. The Kier molecular flexibility index (Phi) is 7.67. The number of hydrogen-bond acceptors (Lipinski definition) is 4. The summed E-state index contributed by atoms with van der Waals surface area (Å²) >= 11 is 1.66. The molecule has 5 heteroatoms. The lowest BCUT2D eigenvalue weighted by atomic mass is 9.84. The fraction of sp³-hybridized carbons (Fsp3) is 0.258. The molecule has 0 saturated heterocycles. The third kappa shape index (κ3) is 5.97.